The van der Waals surface area contributed by atoms with Crippen molar-refractivity contribution < 1.29 is 41.0 Å². The Morgan fingerprint density at radius 1 is 1.38 bits per heavy atom. The number of nitrogens with zero attached hydrogens (tertiary/aromatic N) is 2. The van der Waals surface area contributed by atoms with E-state index in [-0.39, 0.29) is 31.1 Å². The van der Waals surface area contributed by atoms with E-state index in [1.54, 1.807) is 0 Å². The van der Waals surface area contributed by atoms with Crippen molar-refractivity contribution in [1.82, 2.24) is 9.55 Å². The summed E-state index contributed by atoms with van der Waals surface area (Å²) in [6.07, 6.45) is 5.10. The van der Waals surface area contributed by atoms with Crippen molar-refractivity contribution in [2.75, 3.05) is 0 Å². The molecule has 24 heavy (non-hydrogen) atoms. The Kier molecular flexibility index (Phi) is 11.2. The van der Waals surface area contributed by atoms with E-state index in [9.17, 15) is 0 Å². The first-order valence-electron chi connectivity index (χ1n) is 7.40. The molecule has 0 atom stereocenters. The molecule has 2 aromatic rings. The zero-order chi connectivity index (χ0) is 17.4. The van der Waals surface area contributed by atoms with Crippen molar-refractivity contribution in [3.8, 4) is 0 Å². The van der Waals surface area contributed by atoms with Gasteiger partial charge < -0.3 is 21.6 Å². The molecule has 0 saturated heterocycles. The second-order valence-electron chi connectivity index (χ2n) is 5.39. The summed E-state index contributed by atoms with van der Waals surface area (Å²) < 4.78 is 2.11. The second kappa shape index (κ2) is 11.6. The van der Waals surface area contributed by atoms with Gasteiger partial charge in [0.25, 0.3) is 0 Å². The largest absolute Gasteiger partial charge is 3.00 e. The van der Waals surface area contributed by atoms with Crippen LogP contribution in [0.2, 0.25) is 5.02 Å². The molecule has 1 radical (unpaired) electrons. The summed E-state index contributed by atoms with van der Waals surface area (Å²) in [7, 11) is 0. The molecular formula is C18H22ClN2O2U. The zero-order valence-electron chi connectivity index (χ0n) is 14.1. The fourth-order valence-corrected chi connectivity index (χ4v) is 2.18. The predicted molar refractivity (Wildman–Crippen MR) is 92.4 cm³/mol. The number of halogens is 1. The first-order chi connectivity index (χ1) is 10.8. The molecule has 0 spiro atoms. The van der Waals surface area contributed by atoms with Gasteiger partial charge in [0, 0.05) is 11.6 Å². The minimum absolute atomic E-state index is 0. The van der Waals surface area contributed by atoms with Gasteiger partial charge in [-0.2, -0.15) is 6.42 Å². The average Bonchev–Trinajstić information content (AvgIpc) is 2.84. The van der Waals surface area contributed by atoms with Gasteiger partial charge in [0.15, 0.2) is 5.97 Å². The molecule has 0 amide bonds. The van der Waals surface area contributed by atoms with E-state index >= 15 is 0 Å². The summed E-state index contributed by atoms with van der Waals surface area (Å²) in [5.41, 5.74) is 2.22. The first-order valence-corrected chi connectivity index (χ1v) is 7.78. The molecule has 4 nitrogen and oxygen atoms in total. The smallest absolute Gasteiger partial charge is 0.503 e. The van der Waals surface area contributed by atoms with Gasteiger partial charge in [-0.25, -0.2) is 0 Å². The van der Waals surface area contributed by atoms with E-state index in [1.807, 2.05) is 24.3 Å². The fourth-order valence-electron chi connectivity index (χ4n) is 2.05. The number of aromatic nitrogens is 2. The van der Waals surface area contributed by atoms with Gasteiger partial charge in [0.2, 0.25) is 0 Å². The maximum atomic E-state index is 8.89. The number of hydrogen-bond acceptors (Lipinski definition) is 2. The summed E-state index contributed by atoms with van der Waals surface area (Å²) in [5, 5.41) is 8.07. The molecule has 0 fully saturated rings. The Morgan fingerprint density at radius 3 is 2.38 bits per heavy atom. The van der Waals surface area contributed by atoms with Gasteiger partial charge in [-0.3, -0.25) is 11.7 Å². The molecule has 1 aromatic carbocycles. The van der Waals surface area contributed by atoms with Crippen LogP contribution in [-0.4, -0.2) is 20.6 Å². The number of hydrogen-bond donors (Lipinski definition) is 1. The molecule has 1 N–H and O–H groups in total. The molecule has 1 heterocycles. The van der Waals surface area contributed by atoms with E-state index in [2.05, 4.69) is 43.4 Å². The van der Waals surface area contributed by atoms with Crippen molar-refractivity contribution in [2.24, 2.45) is 0 Å². The Balaban J connectivity index is 0.000000954. The number of imidazole rings is 1. The van der Waals surface area contributed by atoms with Crippen LogP contribution in [0, 0.1) is 51.2 Å². The molecule has 0 aliphatic heterocycles. The number of carboxylic acids is 1. The molecule has 0 aliphatic carbocycles. The molecule has 1 aromatic heterocycles. The van der Waals surface area contributed by atoms with Crippen LogP contribution in [0.3, 0.4) is 0 Å². The van der Waals surface area contributed by atoms with E-state index < -0.39 is 5.97 Å². The summed E-state index contributed by atoms with van der Waals surface area (Å²) in [6, 6.07) is 7.92. The number of benzene rings is 1. The summed E-state index contributed by atoms with van der Waals surface area (Å²) >= 11 is 5.91. The maximum absolute atomic E-state index is 8.89. The predicted octanol–water partition coefficient (Wildman–Crippen LogP) is 4.18. The normalized spacial score (nSPS) is 9.88. The summed E-state index contributed by atoms with van der Waals surface area (Å²) in [4.78, 5) is 13.5. The van der Waals surface area contributed by atoms with Crippen LogP contribution in [0.25, 0.3) is 0 Å². The maximum Gasteiger partial charge on any atom is 3.00 e. The topological polar surface area (TPSA) is 55.1 Å². The Bertz CT molecular complexity index is 620. The van der Waals surface area contributed by atoms with E-state index in [1.165, 1.54) is 5.56 Å². The minimum atomic E-state index is -1.08. The molecule has 0 unspecified atom stereocenters. The third kappa shape index (κ3) is 8.28. The standard InChI is InChI=1S/C16H19ClN2.C2H3O2.U/c1-4-5-15-11-19(16(18-15)12(2)3)10-13-6-8-14(17)9-7-13;1-2(3)4;/h6-9,12H,1,4-5,10H2,2-3H3;1H2,(H,3,4);/q-2;-1;+3. The van der Waals surface area contributed by atoms with Crippen LogP contribution < -0.4 is 0 Å². The van der Waals surface area contributed by atoms with Gasteiger partial charge in [-0.1, -0.05) is 55.6 Å². The third-order valence-electron chi connectivity index (χ3n) is 2.97. The molecule has 6 heteroatoms. The number of rotatable bonds is 5. The Hall–Kier alpha value is -0.888. The quantitative estimate of drug-likeness (QED) is 0.548. The number of carbonyl (C=O) groups is 1. The van der Waals surface area contributed by atoms with Crippen LogP contribution in [0.4, 0.5) is 0 Å². The van der Waals surface area contributed by atoms with Crippen LogP contribution >= 0.6 is 11.6 Å². The number of aliphatic carboxylic acids is 1. The Labute approximate surface area is 173 Å². The second-order valence-corrected chi connectivity index (χ2v) is 5.83. The van der Waals surface area contributed by atoms with E-state index in [0.717, 1.165) is 35.9 Å². The van der Waals surface area contributed by atoms with Gasteiger partial charge in [0.1, 0.15) is 0 Å². The van der Waals surface area contributed by atoms with Crippen molar-refractivity contribution in [3.05, 3.63) is 66.4 Å². The van der Waals surface area contributed by atoms with Crippen LogP contribution in [0.5, 0.6) is 0 Å². The van der Waals surface area contributed by atoms with Gasteiger partial charge in [-0.05, 0) is 23.5 Å². The van der Waals surface area contributed by atoms with Crippen LogP contribution in [0.15, 0.2) is 24.3 Å². The molecule has 0 aliphatic rings. The molecule has 2 rings (SSSR count). The van der Waals surface area contributed by atoms with Crippen LogP contribution in [0.1, 0.15) is 43.3 Å². The minimum Gasteiger partial charge on any atom is -0.503 e. The van der Waals surface area contributed by atoms with Crippen molar-refractivity contribution in [2.45, 2.75) is 39.2 Å². The molecule has 127 valence electrons. The number of aryl methyl sites for hydroxylation is 1. The van der Waals surface area contributed by atoms with Crippen molar-refractivity contribution in [1.29, 1.82) is 0 Å². The Morgan fingerprint density at radius 2 is 1.92 bits per heavy atom. The van der Waals surface area contributed by atoms with Gasteiger partial charge >= 0.3 is 31.1 Å². The summed E-state index contributed by atoms with van der Waals surface area (Å²) in [5.74, 6) is 0.389. The number of carboxylic acid groups (broad SMARTS) is 1. The van der Waals surface area contributed by atoms with Crippen molar-refractivity contribution in [3.63, 3.8) is 0 Å². The first kappa shape index (κ1) is 23.1. The third-order valence-corrected chi connectivity index (χ3v) is 3.23. The van der Waals surface area contributed by atoms with Gasteiger partial charge in [0.05, 0.1) is 0 Å². The van der Waals surface area contributed by atoms with Gasteiger partial charge in [-0.15, -0.1) is 6.20 Å². The zero-order valence-corrected chi connectivity index (χ0v) is 19.0. The summed E-state index contributed by atoms with van der Waals surface area (Å²) in [6.45, 7) is 11.5. The molecule has 0 saturated carbocycles. The SMILES string of the molecule is [CH2-]C(=O)O.[CH2-]CCc1[c-]n(Cc2ccc(Cl)cc2)c(C(C)C)n1.[U+3]. The fraction of sp³-hybridized carbons (Fsp3) is 0.333. The average molecular weight is 572 g/mol. The van der Waals surface area contributed by atoms with E-state index in [0.29, 0.717) is 5.92 Å². The monoisotopic (exact) mass is 571 g/mol. The van der Waals surface area contributed by atoms with E-state index in [4.69, 9.17) is 21.5 Å². The van der Waals surface area contributed by atoms with Crippen LogP contribution in [-0.2, 0) is 17.8 Å². The molecule has 0 bridgehead atoms. The molecular weight excluding hydrogens is 550 g/mol. The van der Waals surface area contributed by atoms with Crippen molar-refractivity contribution >= 4 is 17.6 Å².